The lowest BCUT2D eigenvalue weighted by Crippen LogP contribution is -2.39. The van der Waals surface area contributed by atoms with E-state index in [4.69, 9.17) is 14.2 Å². The summed E-state index contributed by atoms with van der Waals surface area (Å²) in [5.74, 6) is 0.974. The van der Waals surface area contributed by atoms with E-state index in [2.05, 4.69) is 45.9 Å². The Kier molecular flexibility index (Phi) is 6.33. The van der Waals surface area contributed by atoms with E-state index in [-0.39, 0.29) is 5.41 Å². The highest BCUT2D eigenvalue weighted by Gasteiger charge is 2.28. The van der Waals surface area contributed by atoms with Crippen molar-refractivity contribution in [3.8, 4) is 5.75 Å². The van der Waals surface area contributed by atoms with Crippen LogP contribution in [0.4, 0.5) is 0 Å². The topological polar surface area (TPSA) is 27.7 Å². The first kappa shape index (κ1) is 19.3. The zero-order chi connectivity index (χ0) is 17.8. The summed E-state index contributed by atoms with van der Waals surface area (Å²) in [5, 5.41) is 0. The van der Waals surface area contributed by atoms with E-state index in [1.165, 1.54) is 11.1 Å². The number of hydrogen-bond donors (Lipinski definition) is 0. The molecule has 1 aromatic rings. The summed E-state index contributed by atoms with van der Waals surface area (Å²) in [5.41, 5.74) is 2.89. The van der Waals surface area contributed by atoms with E-state index in [0.717, 1.165) is 38.2 Å². The Morgan fingerprint density at radius 1 is 1.17 bits per heavy atom. The second kappa shape index (κ2) is 7.88. The monoisotopic (exact) mass is 334 g/mol. The number of ether oxygens (including phenoxy) is 3. The molecule has 1 heterocycles. The summed E-state index contributed by atoms with van der Waals surface area (Å²) in [7, 11) is 0. The summed E-state index contributed by atoms with van der Waals surface area (Å²) >= 11 is 0. The maximum Gasteiger partial charge on any atom is 0.162 e. The first-order chi connectivity index (χ1) is 11.3. The van der Waals surface area contributed by atoms with E-state index < -0.39 is 5.79 Å². The SMILES string of the molecule is CCC(C)(CC)c1ccc(OCCC2COC(C)(C)OC2)c(C)c1. The molecule has 24 heavy (non-hydrogen) atoms. The summed E-state index contributed by atoms with van der Waals surface area (Å²) in [6.45, 7) is 15.1. The van der Waals surface area contributed by atoms with Crippen LogP contribution in [0, 0.1) is 12.8 Å². The summed E-state index contributed by atoms with van der Waals surface area (Å²) in [6.07, 6.45) is 3.27. The molecule has 3 heteroatoms. The maximum absolute atomic E-state index is 6.02. The predicted molar refractivity (Wildman–Crippen MR) is 98.7 cm³/mol. The normalized spacial score (nSPS) is 18.6. The van der Waals surface area contributed by atoms with Gasteiger partial charge in [0.2, 0.25) is 0 Å². The van der Waals surface area contributed by atoms with Crippen molar-refractivity contribution in [2.24, 2.45) is 5.92 Å². The van der Waals surface area contributed by atoms with Crippen LogP contribution < -0.4 is 4.74 Å². The van der Waals surface area contributed by atoms with Gasteiger partial charge in [0.05, 0.1) is 19.8 Å². The first-order valence-corrected chi connectivity index (χ1v) is 9.31. The van der Waals surface area contributed by atoms with Crippen LogP contribution in [-0.2, 0) is 14.9 Å². The summed E-state index contributed by atoms with van der Waals surface area (Å²) in [6, 6.07) is 6.65. The van der Waals surface area contributed by atoms with Crippen LogP contribution in [0.3, 0.4) is 0 Å². The van der Waals surface area contributed by atoms with E-state index in [0.29, 0.717) is 12.5 Å². The number of rotatable bonds is 7. The van der Waals surface area contributed by atoms with Crippen molar-refractivity contribution >= 4 is 0 Å². The molecule has 2 rings (SSSR count). The third-order valence-electron chi connectivity index (χ3n) is 5.55. The molecule has 0 amide bonds. The molecule has 136 valence electrons. The minimum Gasteiger partial charge on any atom is -0.493 e. The highest BCUT2D eigenvalue weighted by Crippen LogP contribution is 2.33. The molecule has 1 aliphatic heterocycles. The van der Waals surface area contributed by atoms with Crippen molar-refractivity contribution in [1.29, 1.82) is 0 Å². The number of benzene rings is 1. The molecule has 0 aliphatic carbocycles. The largest absolute Gasteiger partial charge is 0.493 e. The van der Waals surface area contributed by atoms with Gasteiger partial charge < -0.3 is 14.2 Å². The molecular formula is C21H34O3. The summed E-state index contributed by atoms with van der Waals surface area (Å²) in [4.78, 5) is 0. The average molecular weight is 335 g/mol. The van der Waals surface area contributed by atoms with Crippen molar-refractivity contribution in [1.82, 2.24) is 0 Å². The van der Waals surface area contributed by atoms with Gasteiger partial charge in [-0.3, -0.25) is 0 Å². The van der Waals surface area contributed by atoms with Crippen LogP contribution in [0.2, 0.25) is 0 Å². The zero-order valence-corrected chi connectivity index (χ0v) is 16.3. The molecular weight excluding hydrogens is 300 g/mol. The van der Waals surface area contributed by atoms with E-state index in [1.807, 2.05) is 13.8 Å². The lowest BCUT2D eigenvalue weighted by molar-refractivity contribution is -0.263. The lowest BCUT2D eigenvalue weighted by atomic mass is 9.77. The van der Waals surface area contributed by atoms with E-state index in [1.54, 1.807) is 0 Å². The molecule has 1 saturated heterocycles. The maximum atomic E-state index is 6.02. The predicted octanol–water partition coefficient (Wildman–Crippen LogP) is 5.24. The van der Waals surface area contributed by atoms with Crippen molar-refractivity contribution < 1.29 is 14.2 Å². The Morgan fingerprint density at radius 2 is 1.79 bits per heavy atom. The van der Waals surface area contributed by atoms with Crippen LogP contribution >= 0.6 is 0 Å². The van der Waals surface area contributed by atoms with Gasteiger partial charge in [0.1, 0.15) is 5.75 Å². The smallest absolute Gasteiger partial charge is 0.162 e. The fourth-order valence-electron chi connectivity index (χ4n) is 3.07. The summed E-state index contributed by atoms with van der Waals surface area (Å²) < 4.78 is 17.4. The Morgan fingerprint density at radius 3 is 2.33 bits per heavy atom. The Balaban J connectivity index is 1.88. The van der Waals surface area contributed by atoms with Gasteiger partial charge >= 0.3 is 0 Å². The van der Waals surface area contributed by atoms with Crippen molar-refractivity contribution in [3.63, 3.8) is 0 Å². The van der Waals surface area contributed by atoms with Crippen LogP contribution in [-0.4, -0.2) is 25.6 Å². The van der Waals surface area contributed by atoms with Crippen LogP contribution in [0.25, 0.3) is 0 Å². The standard InChI is InChI=1S/C21H34O3/c1-7-21(6,8-2)18-9-10-19(16(3)13-18)22-12-11-17-14-23-20(4,5)24-15-17/h9-10,13,17H,7-8,11-12,14-15H2,1-6H3. The molecule has 0 atom stereocenters. The molecule has 0 bridgehead atoms. The van der Waals surface area contributed by atoms with Gasteiger partial charge in [-0.05, 0) is 62.6 Å². The average Bonchev–Trinajstić information content (AvgIpc) is 2.57. The molecule has 0 radical (unpaired) electrons. The van der Waals surface area contributed by atoms with Crippen LogP contribution in [0.15, 0.2) is 18.2 Å². The molecule has 1 aliphatic rings. The van der Waals surface area contributed by atoms with Crippen molar-refractivity contribution in [2.45, 2.75) is 72.0 Å². The van der Waals surface area contributed by atoms with Crippen molar-refractivity contribution in [2.75, 3.05) is 19.8 Å². The third-order valence-corrected chi connectivity index (χ3v) is 5.55. The molecule has 3 nitrogen and oxygen atoms in total. The van der Waals surface area contributed by atoms with E-state index >= 15 is 0 Å². The highest BCUT2D eigenvalue weighted by atomic mass is 16.7. The molecule has 0 saturated carbocycles. The minimum absolute atomic E-state index is 0.257. The third kappa shape index (κ3) is 4.73. The molecule has 0 unspecified atom stereocenters. The fraction of sp³-hybridized carbons (Fsp3) is 0.714. The Bertz CT molecular complexity index is 522. The van der Waals surface area contributed by atoms with Crippen LogP contribution in [0.5, 0.6) is 5.75 Å². The van der Waals surface area contributed by atoms with Gasteiger partial charge in [-0.25, -0.2) is 0 Å². The number of hydrogen-bond acceptors (Lipinski definition) is 3. The zero-order valence-electron chi connectivity index (χ0n) is 16.3. The second-order valence-corrected chi connectivity index (χ2v) is 7.77. The second-order valence-electron chi connectivity index (χ2n) is 7.77. The van der Waals surface area contributed by atoms with Crippen molar-refractivity contribution in [3.05, 3.63) is 29.3 Å². The van der Waals surface area contributed by atoms with Gasteiger partial charge in [-0.2, -0.15) is 0 Å². The van der Waals surface area contributed by atoms with Gasteiger partial charge in [0, 0.05) is 5.92 Å². The minimum atomic E-state index is -0.436. The molecule has 0 spiro atoms. The lowest BCUT2D eigenvalue weighted by Gasteiger charge is -2.34. The quantitative estimate of drug-likeness (QED) is 0.682. The first-order valence-electron chi connectivity index (χ1n) is 9.31. The fourth-order valence-corrected chi connectivity index (χ4v) is 3.07. The Hall–Kier alpha value is -1.06. The highest BCUT2D eigenvalue weighted by molar-refractivity contribution is 5.39. The number of aryl methyl sites for hydroxylation is 1. The molecule has 1 fully saturated rings. The molecule has 1 aromatic carbocycles. The molecule has 0 aromatic heterocycles. The van der Waals surface area contributed by atoms with Gasteiger partial charge in [-0.15, -0.1) is 0 Å². The van der Waals surface area contributed by atoms with Gasteiger partial charge in [-0.1, -0.05) is 32.9 Å². The van der Waals surface area contributed by atoms with Gasteiger partial charge in [0.25, 0.3) is 0 Å². The Labute approximate surface area is 147 Å². The van der Waals surface area contributed by atoms with Crippen LogP contribution in [0.1, 0.15) is 65.0 Å². The van der Waals surface area contributed by atoms with E-state index in [9.17, 15) is 0 Å². The molecule has 0 N–H and O–H groups in total. The van der Waals surface area contributed by atoms with Gasteiger partial charge in [0.15, 0.2) is 5.79 Å².